The van der Waals surface area contributed by atoms with Gasteiger partial charge in [-0.15, -0.1) is 0 Å². The summed E-state index contributed by atoms with van der Waals surface area (Å²) in [6.07, 6.45) is 4.96. The molecule has 2 aliphatic rings. The van der Waals surface area contributed by atoms with Crippen LogP contribution in [0.4, 0.5) is 5.82 Å². The van der Waals surface area contributed by atoms with E-state index in [0.29, 0.717) is 5.56 Å². The number of pyridine rings is 1. The summed E-state index contributed by atoms with van der Waals surface area (Å²) in [7, 11) is 0. The molecule has 1 aliphatic carbocycles. The third kappa shape index (κ3) is 2.29. The van der Waals surface area contributed by atoms with Gasteiger partial charge in [0.1, 0.15) is 17.7 Å². The highest BCUT2D eigenvalue weighted by Gasteiger charge is 2.26. The minimum atomic E-state index is 0.186. The minimum absolute atomic E-state index is 0.186. The first kappa shape index (κ1) is 13.1. The molecule has 0 spiro atoms. The molecule has 2 heterocycles. The molecule has 0 amide bonds. The van der Waals surface area contributed by atoms with E-state index in [-0.39, 0.29) is 11.7 Å². The van der Waals surface area contributed by atoms with Crippen LogP contribution < -0.4 is 4.90 Å². The highest BCUT2D eigenvalue weighted by molar-refractivity contribution is 5.78. The molecule has 0 radical (unpaired) electrons. The van der Waals surface area contributed by atoms with Gasteiger partial charge in [0.25, 0.3) is 0 Å². The Morgan fingerprint density at radius 2 is 2.15 bits per heavy atom. The van der Waals surface area contributed by atoms with Crippen molar-refractivity contribution >= 4 is 11.6 Å². The summed E-state index contributed by atoms with van der Waals surface area (Å²) in [5.41, 5.74) is 3.09. The molecule has 0 aromatic carbocycles. The fourth-order valence-electron chi connectivity index (χ4n) is 3.28. The molecule has 1 aliphatic heterocycles. The standard InChI is InChI=1S/C16H19N3O/c1-11(20)12-5-7-19(8-6-12)16-14(10-17)9-13-3-2-4-15(13)18-16/h9,12H,2-8H2,1H3. The van der Waals surface area contributed by atoms with Crippen molar-refractivity contribution in [3.63, 3.8) is 0 Å². The van der Waals surface area contributed by atoms with E-state index < -0.39 is 0 Å². The zero-order chi connectivity index (χ0) is 14.1. The second-order valence-corrected chi connectivity index (χ2v) is 5.80. The maximum Gasteiger partial charge on any atom is 0.146 e. The number of anilines is 1. The van der Waals surface area contributed by atoms with Gasteiger partial charge in [-0.2, -0.15) is 5.26 Å². The monoisotopic (exact) mass is 269 g/mol. The van der Waals surface area contributed by atoms with Crippen molar-refractivity contribution in [2.75, 3.05) is 18.0 Å². The number of fused-ring (bicyclic) bond motifs is 1. The lowest BCUT2D eigenvalue weighted by Crippen LogP contribution is -2.36. The second kappa shape index (κ2) is 5.24. The molecule has 0 saturated carbocycles. The van der Waals surface area contributed by atoms with Crippen LogP contribution in [0.25, 0.3) is 0 Å². The predicted molar refractivity (Wildman–Crippen MR) is 76.6 cm³/mol. The number of rotatable bonds is 2. The zero-order valence-corrected chi connectivity index (χ0v) is 11.9. The van der Waals surface area contributed by atoms with Gasteiger partial charge in [-0.1, -0.05) is 0 Å². The minimum Gasteiger partial charge on any atom is -0.355 e. The summed E-state index contributed by atoms with van der Waals surface area (Å²) in [4.78, 5) is 18.3. The average molecular weight is 269 g/mol. The Labute approximate surface area is 119 Å². The number of aryl methyl sites for hydroxylation is 2. The lowest BCUT2D eigenvalue weighted by molar-refractivity contribution is -0.121. The van der Waals surface area contributed by atoms with Crippen LogP contribution in [0.3, 0.4) is 0 Å². The third-order valence-corrected chi connectivity index (χ3v) is 4.52. The van der Waals surface area contributed by atoms with E-state index >= 15 is 0 Å². The molecule has 0 atom stereocenters. The zero-order valence-electron chi connectivity index (χ0n) is 11.9. The second-order valence-electron chi connectivity index (χ2n) is 5.80. The largest absolute Gasteiger partial charge is 0.355 e. The van der Waals surface area contributed by atoms with Gasteiger partial charge in [0.2, 0.25) is 0 Å². The molecule has 3 rings (SSSR count). The smallest absolute Gasteiger partial charge is 0.146 e. The van der Waals surface area contributed by atoms with Crippen LogP contribution in [0.15, 0.2) is 6.07 Å². The molecule has 1 aromatic heterocycles. The molecule has 1 fully saturated rings. The van der Waals surface area contributed by atoms with E-state index in [9.17, 15) is 10.1 Å². The predicted octanol–water partition coefficient (Wildman–Crippen LogP) is 2.25. The Kier molecular flexibility index (Phi) is 3.43. The maximum atomic E-state index is 11.4. The van der Waals surface area contributed by atoms with Crippen LogP contribution in [-0.2, 0) is 17.6 Å². The van der Waals surface area contributed by atoms with E-state index in [0.717, 1.165) is 56.7 Å². The van der Waals surface area contributed by atoms with Crippen molar-refractivity contribution in [1.29, 1.82) is 5.26 Å². The van der Waals surface area contributed by atoms with Crippen LogP contribution in [0.1, 0.15) is 43.0 Å². The normalized spacial score (nSPS) is 18.7. The molecule has 104 valence electrons. The third-order valence-electron chi connectivity index (χ3n) is 4.52. The van der Waals surface area contributed by atoms with Crippen molar-refractivity contribution in [2.45, 2.75) is 39.0 Å². The van der Waals surface area contributed by atoms with Gasteiger partial charge in [-0.05, 0) is 50.7 Å². The number of Topliss-reactive ketones (excluding diaryl/α,β-unsaturated/α-hetero) is 1. The highest BCUT2D eigenvalue weighted by Crippen LogP contribution is 2.29. The Bertz CT molecular complexity index is 580. The van der Waals surface area contributed by atoms with Gasteiger partial charge in [-0.3, -0.25) is 4.79 Å². The number of piperidine rings is 1. The summed E-state index contributed by atoms with van der Waals surface area (Å²) in [6.45, 7) is 3.32. The van der Waals surface area contributed by atoms with Gasteiger partial charge < -0.3 is 4.90 Å². The summed E-state index contributed by atoms with van der Waals surface area (Å²) in [5, 5.41) is 9.35. The summed E-state index contributed by atoms with van der Waals surface area (Å²) < 4.78 is 0. The Balaban J connectivity index is 1.84. The first-order valence-corrected chi connectivity index (χ1v) is 7.37. The fraction of sp³-hybridized carbons (Fsp3) is 0.562. The number of nitriles is 1. The number of nitrogens with zero attached hydrogens (tertiary/aromatic N) is 3. The summed E-state index contributed by atoms with van der Waals surface area (Å²) >= 11 is 0. The molecule has 20 heavy (non-hydrogen) atoms. The van der Waals surface area contributed by atoms with Crippen LogP contribution in [0.2, 0.25) is 0 Å². The molecule has 0 N–H and O–H groups in total. The van der Waals surface area contributed by atoms with Gasteiger partial charge in [0.05, 0.1) is 5.56 Å². The van der Waals surface area contributed by atoms with Crippen molar-refractivity contribution in [3.8, 4) is 6.07 Å². The molecular formula is C16H19N3O. The lowest BCUT2D eigenvalue weighted by Gasteiger charge is -2.32. The van der Waals surface area contributed by atoms with Crippen molar-refractivity contribution in [3.05, 3.63) is 22.9 Å². The van der Waals surface area contributed by atoms with Crippen molar-refractivity contribution in [1.82, 2.24) is 4.98 Å². The molecule has 4 nitrogen and oxygen atoms in total. The van der Waals surface area contributed by atoms with Crippen molar-refractivity contribution < 1.29 is 4.79 Å². The highest BCUT2D eigenvalue weighted by atomic mass is 16.1. The lowest BCUT2D eigenvalue weighted by atomic mass is 9.93. The van der Waals surface area contributed by atoms with Gasteiger partial charge in [-0.25, -0.2) is 4.98 Å². The van der Waals surface area contributed by atoms with Gasteiger partial charge in [0, 0.05) is 24.7 Å². The van der Waals surface area contributed by atoms with Crippen LogP contribution >= 0.6 is 0 Å². The van der Waals surface area contributed by atoms with Crippen LogP contribution in [0, 0.1) is 17.2 Å². The van der Waals surface area contributed by atoms with E-state index in [2.05, 4.69) is 11.0 Å². The van der Waals surface area contributed by atoms with Crippen LogP contribution in [0.5, 0.6) is 0 Å². The number of carbonyl (C=O) groups excluding carboxylic acids is 1. The Morgan fingerprint density at radius 1 is 1.40 bits per heavy atom. The van der Waals surface area contributed by atoms with Gasteiger partial charge >= 0.3 is 0 Å². The fourth-order valence-corrected chi connectivity index (χ4v) is 3.28. The Morgan fingerprint density at radius 3 is 2.80 bits per heavy atom. The van der Waals surface area contributed by atoms with Gasteiger partial charge in [0.15, 0.2) is 0 Å². The molecule has 1 saturated heterocycles. The molecular weight excluding hydrogens is 250 g/mol. The van der Waals surface area contributed by atoms with E-state index in [4.69, 9.17) is 4.98 Å². The molecule has 0 bridgehead atoms. The molecule has 4 heteroatoms. The van der Waals surface area contributed by atoms with E-state index in [1.54, 1.807) is 6.92 Å². The van der Waals surface area contributed by atoms with Crippen molar-refractivity contribution in [2.24, 2.45) is 5.92 Å². The number of carbonyl (C=O) groups is 1. The van der Waals surface area contributed by atoms with Crippen LogP contribution in [-0.4, -0.2) is 23.9 Å². The average Bonchev–Trinajstić information content (AvgIpc) is 2.93. The number of aromatic nitrogens is 1. The number of hydrogen-bond donors (Lipinski definition) is 0. The summed E-state index contributed by atoms with van der Waals surface area (Å²) in [5.74, 6) is 1.30. The SMILES string of the molecule is CC(=O)C1CCN(c2nc3c(cc2C#N)CCC3)CC1. The Hall–Kier alpha value is -1.89. The van der Waals surface area contributed by atoms with E-state index in [1.807, 2.05) is 6.07 Å². The summed E-state index contributed by atoms with van der Waals surface area (Å²) in [6, 6.07) is 4.30. The first-order valence-electron chi connectivity index (χ1n) is 7.37. The number of ketones is 1. The molecule has 1 aromatic rings. The number of hydrogen-bond acceptors (Lipinski definition) is 4. The quantitative estimate of drug-likeness (QED) is 0.826. The van der Waals surface area contributed by atoms with E-state index in [1.165, 1.54) is 5.56 Å². The topological polar surface area (TPSA) is 57.0 Å². The first-order chi connectivity index (χ1) is 9.69. The maximum absolute atomic E-state index is 11.4. The molecule has 0 unspecified atom stereocenters.